The van der Waals surface area contributed by atoms with Crippen LogP contribution in [-0.4, -0.2) is 56.0 Å². The average Bonchev–Trinajstić information content (AvgIpc) is 2.76. The summed E-state index contributed by atoms with van der Waals surface area (Å²) in [5.41, 5.74) is 1.18. The van der Waals surface area contributed by atoms with Crippen molar-refractivity contribution < 1.29 is 19.1 Å². The number of halogens is 1. The predicted molar refractivity (Wildman–Crippen MR) is 122 cm³/mol. The molecule has 2 aromatic rings. The number of carbonyl (C=O) groups excluding carboxylic acids is 2. The monoisotopic (exact) mass is 450 g/mol. The summed E-state index contributed by atoms with van der Waals surface area (Å²) in [6, 6.07) is 11.5. The van der Waals surface area contributed by atoms with Crippen LogP contribution in [0, 0.1) is 0 Å². The summed E-state index contributed by atoms with van der Waals surface area (Å²) in [4.78, 5) is 27.5. The number of nitrogens with one attached hydrogen (secondary N) is 1. The molecule has 0 radical (unpaired) electrons. The van der Waals surface area contributed by atoms with Gasteiger partial charge in [-0.3, -0.25) is 9.59 Å². The highest BCUT2D eigenvalue weighted by Crippen LogP contribution is 2.24. The second-order valence-corrected chi connectivity index (χ2v) is 8.08. The number of methoxy groups -OCH3 is 2. The molecule has 0 aliphatic heterocycles. The summed E-state index contributed by atoms with van der Waals surface area (Å²) in [5.74, 6) is 1.31. The third kappa shape index (κ3) is 6.31. The van der Waals surface area contributed by atoms with E-state index in [4.69, 9.17) is 21.1 Å². The van der Waals surface area contributed by atoms with Gasteiger partial charge in [0.25, 0.3) is 5.91 Å². The second kappa shape index (κ2) is 11.7. The largest absolute Gasteiger partial charge is 0.496 e. The molecule has 6 nitrogen and oxygen atoms in total. The molecule has 162 valence electrons. The lowest BCUT2D eigenvalue weighted by Gasteiger charge is -2.25. The quantitative estimate of drug-likeness (QED) is 0.595. The number of carbonyl (C=O) groups is 2. The molecule has 0 aromatic heterocycles. The van der Waals surface area contributed by atoms with Crippen LogP contribution in [0.4, 0.5) is 0 Å². The summed E-state index contributed by atoms with van der Waals surface area (Å²) in [7, 11) is 4.78. The Labute approximate surface area is 186 Å². The van der Waals surface area contributed by atoms with E-state index in [1.165, 1.54) is 7.11 Å². The van der Waals surface area contributed by atoms with Crippen molar-refractivity contribution in [1.82, 2.24) is 10.2 Å². The van der Waals surface area contributed by atoms with Crippen LogP contribution in [0.2, 0.25) is 5.02 Å². The number of rotatable bonds is 10. The fraction of sp³-hybridized carbons (Fsp3) is 0.364. The molecule has 0 aliphatic rings. The van der Waals surface area contributed by atoms with Gasteiger partial charge in [-0.2, -0.15) is 11.8 Å². The molecule has 8 heteroatoms. The molecule has 1 unspecified atom stereocenters. The Hall–Kier alpha value is -2.38. The van der Waals surface area contributed by atoms with E-state index < -0.39 is 6.04 Å². The van der Waals surface area contributed by atoms with Crippen molar-refractivity contribution in [2.75, 3.05) is 33.3 Å². The van der Waals surface area contributed by atoms with Gasteiger partial charge in [-0.05, 0) is 48.8 Å². The maximum atomic E-state index is 13.2. The van der Waals surface area contributed by atoms with Crippen LogP contribution < -0.4 is 14.8 Å². The number of para-hydroxylation sites is 1. The Balaban J connectivity index is 2.18. The molecule has 0 spiro atoms. The van der Waals surface area contributed by atoms with Crippen molar-refractivity contribution in [3.05, 3.63) is 58.6 Å². The first kappa shape index (κ1) is 23.9. The fourth-order valence-electron chi connectivity index (χ4n) is 3.03. The van der Waals surface area contributed by atoms with Crippen molar-refractivity contribution in [3.8, 4) is 11.5 Å². The number of nitrogens with zero attached hydrogens (tertiary/aromatic N) is 1. The smallest absolute Gasteiger partial charge is 0.255 e. The van der Waals surface area contributed by atoms with Gasteiger partial charge in [-0.25, -0.2) is 0 Å². The molecule has 0 aliphatic carbocycles. The summed E-state index contributed by atoms with van der Waals surface area (Å²) >= 11 is 7.72. The van der Waals surface area contributed by atoms with Gasteiger partial charge in [0.2, 0.25) is 5.91 Å². The summed E-state index contributed by atoms with van der Waals surface area (Å²) in [6.07, 6.45) is 2.47. The number of ether oxygens (including phenoxy) is 2. The lowest BCUT2D eigenvalue weighted by Crippen LogP contribution is -2.47. The van der Waals surface area contributed by atoms with Gasteiger partial charge in [-0.1, -0.05) is 23.7 Å². The molecular weight excluding hydrogens is 424 g/mol. The third-order valence-corrected chi connectivity index (χ3v) is 5.47. The first-order chi connectivity index (χ1) is 14.4. The lowest BCUT2D eigenvalue weighted by atomic mass is 10.1. The zero-order chi connectivity index (χ0) is 22.1. The van der Waals surface area contributed by atoms with Crippen molar-refractivity contribution in [2.24, 2.45) is 0 Å². The summed E-state index contributed by atoms with van der Waals surface area (Å²) in [5, 5.41) is 3.43. The molecule has 2 aromatic carbocycles. The standard InChI is InChI=1S/C22H27ClN2O4S/c1-25(14-15-13-16(23)9-10-19(15)28-2)22(27)18(11-12-30-4)24-21(26)17-7-5-6-8-20(17)29-3/h5-10,13,18H,11-12,14H2,1-4H3,(H,24,26). The third-order valence-electron chi connectivity index (χ3n) is 4.59. The molecule has 0 saturated carbocycles. The molecule has 0 fully saturated rings. The van der Waals surface area contributed by atoms with Crippen LogP contribution in [0.5, 0.6) is 11.5 Å². The van der Waals surface area contributed by atoms with Crippen LogP contribution >= 0.6 is 23.4 Å². The highest BCUT2D eigenvalue weighted by Gasteiger charge is 2.26. The van der Waals surface area contributed by atoms with E-state index in [9.17, 15) is 9.59 Å². The molecule has 2 amide bonds. The molecule has 2 rings (SSSR count). The van der Waals surface area contributed by atoms with E-state index in [0.717, 1.165) is 11.3 Å². The van der Waals surface area contributed by atoms with Gasteiger partial charge >= 0.3 is 0 Å². The first-order valence-electron chi connectivity index (χ1n) is 9.41. The zero-order valence-corrected chi connectivity index (χ0v) is 19.2. The molecule has 1 atom stereocenters. The van der Waals surface area contributed by atoms with Gasteiger partial charge in [0.15, 0.2) is 0 Å². The van der Waals surface area contributed by atoms with Gasteiger partial charge in [0.1, 0.15) is 17.5 Å². The highest BCUT2D eigenvalue weighted by atomic mass is 35.5. The van der Waals surface area contributed by atoms with Crippen LogP contribution in [0.15, 0.2) is 42.5 Å². The fourth-order valence-corrected chi connectivity index (χ4v) is 3.70. The maximum Gasteiger partial charge on any atom is 0.255 e. The number of thioether (sulfide) groups is 1. The SMILES string of the molecule is COc1ccc(Cl)cc1CN(C)C(=O)C(CCSC)NC(=O)c1ccccc1OC. The molecule has 0 saturated heterocycles. The number of likely N-dealkylation sites (N-methyl/N-ethyl adjacent to an activating group) is 1. The Bertz CT molecular complexity index is 878. The number of hydrogen-bond donors (Lipinski definition) is 1. The molecule has 1 N–H and O–H groups in total. The number of hydrogen-bond acceptors (Lipinski definition) is 5. The average molecular weight is 451 g/mol. The van der Waals surface area contributed by atoms with Crippen LogP contribution in [0.25, 0.3) is 0 Å². The topological polar surface area (TPSA) is 67.9 Å². The molecule has 30 heavy (non-hydrogen) atoms. The Kier molecular flexibility index (Phi) is 9.33. The van der Waals surface area contributed by atoms with Crippen molar-refractivity contribution in [3.63, 3.8) is 0 Å². The Morgan fingerprint density at radius 3 is 2.50 bits per heavy atom. The minimum Gasteiger partial charge on any atom is -0.496 e. The number of benzene rings is 2. The van der Waals surface area contributed by atoms with E-state index in [1.807, 2.05) is 6.26 Å². The molecular formula is C22H27ClN2O4S. The predicted octanol–water partition coefficient (Wildman–Crippen LogP) is 3.87. The maximum absolute atomic E-state index is 13.2. The molecule has 0 bridgehead atoms. The van der Waals surface area contributed by atoms with Gasteiger partial charge in [-0.15, -0.1) is 0 Å². The Morgan fingerprint density at radius 1 is 1.13 bits per heavy atom. The van der Waals surface area contributed by atoms with Gasteiger partial charge < -0.3 is 19.7 Å². The van der Waals surface area contributed by atoms with Crippen LogP contribution in [-0.2, 0) is 11.3 Å². The lowest BCUT2D eigenvalue weighted by molar-refractivity contribution is -0.132. The highest BCUT2D eigenvalue weighted by molar-refractivity contribution is 7.98. The van der Waals surface area contributed by atoms with Crippen molar-refractivity contribution in [1.29, 1.82) is 0 Å². The normalized spacial score (nSPS) is 11.5. The van der Waals surface area contributed by atoms with Crippen LogP contribution in [0.3, 0.4) is 0 Å². The van der Waals surface area contributed by atoms with E-state index in [0.29, 0.717) is 35.1 Å². The second-order valence-electron chi connectivity index (χ2n) is 6.66. The minimum absolute atomic E-state index is 0.186. The summed E-state index contributed by atoms with van der Waals surface area (Å²) < 4.78 is 10.6. The van der Waals surface area contributed by atoms with Crippen LogP contribution in [0.1, 0.15) is 22.3 Å². The van der Waals surface area contributed by atoms with Crippen molar-refractivity contribution in [2.45, 2.75) is 19.0 Å². The van der Waals surface area contributed by atoms with E-state index in [2.05, 4.69) is 5.32 Å². The molecule has 0 heterocycles. The Morgan fingerprint density at radius 2 is 1.83 bits per heavy atom. The van der Waals surface area contributed by atoms with Crippen molar-refractivity contribution >= 4 is 35.2 Å². The minimum atomic E-state index is -0.662. The summed E-state index contributed by atoms with van der Waals surface area (Å²) in [6.45, 7) is 0.308. The van der Waals surface area contributed by atoms with E-state index in [1.54, 1.807) is 73.3 Å². The first-order valence-corrected chi connectivity index (χ1v) is 11.2. The van der Waals surface area contributed by atoms with E-state index in [-0.39, 0.29) is 11.8 Å². The zero-order valence-electron chi connectivity index (χ0n) is 17.6. The van der Waals surface area contributed by atoms with Gasteiger partial charge in [0.05, 0.1) is 19.8 Å². The van der Waals surface area contributed by atoms with E-state index >= 15 is 0 Å². The number of amides is 2. The van der Waals surface area contributed by atoms with Gasteiger partial charge in [0, 0.05) is 24.2 Å².